The molecule has 0 bridgehead atoms. The minimum atomic E-state index is -0.336. The highest BCUT2D eigenvalue weighted by Crippen LogP contribution is 1.98. The second-order valence-electron chi connectivity index (χ2n) is 3.59. The fourth-order valence-corrected chi connectivity index (χ4v) is 1.24. The molecule has 0 amide bonds. The summed E-state index contributed by atoms with van der Waals surface area (Å²) < 4.78 is 6.27. The summed E-state index contributed by atoms with van der Waals surface area (Å²) in [6.45, 7) is 4.53. The molecule has 0 aliphatic rings. The predicted molar refractivity (Wildman–Crippen MR) is 48.3 cm³/mol. The van der Waals surface area contributed by atoms with Gasteiger partial charge in [-0.2, -0.15) is 5.26 Å². The van der Waals surface area contributed by atoms with E-state index in [2.05, 4.69) is 9.79 Å². The molecule has 0 atom stereocenters. The maximum atomic E-state index is 11.2. The smallest absolute Gasteiger partial charge is 0.283 e. The van der Waals surface area contributed by atoms with Gasteiger partial charge in [0.1, 0.15) is 0 Å². The van der Waals surface area contributed by atoms with Gasteiger partial charge in [0.15, 0.2) is 6.54 Å². The van der Waals surface area contributed by atoms with Crippen LogP contribution in [0.4, 0.5) is 0 Å². The fourth-order valence-electron chi connectivity index (χ4n) is 1.24. The van der Waals surface area contributed by atoms with Gasteiger partial charge >= 0.3 is 5.63 Å². The van der Waals surface area contributed by atoms with Crippen LogP contribution in [-0.2, 0) is 13.0 Å². The van der Waals surface area contributed by atoms with E-state index in [0.717, 1.165) is 0 Å². The Hall–Kier alpha value is -1.57. The van der Waals surface area contributed by atoms with Crippen LogP contribution >= 0.6 is 0 Å². The Bertz CT molecular complexity index is 383. The number of aromatic amines is 1. The quantitative estimate of drug-likeness (QED) is 0.707. The highest BCUT2D eigenvalue weighted by Gasteiger charge is 2.20. The Morgan fingerprint density at radius 1 is 1.64 bits per heavy atom. The molecule has 1 aromatic heterocycles. The predicted octanol–water partition coefficient (Wildman–Crippen LogP) is 0.368. The van der Waals surface area contributed by atoms with Crippen LogP contribution in [-0.4, -0.2) is 5.27 Å². The summed E-state index contributed by atoms with van der Waals surface area (Å²) in [5.41, 5.74) is 0.270. The molecule has 5 heteroatoms. The lowest BCUT2D eigenvalue weighted by Crippen LogP contribution is -2.41. The van der Waals surface area contributed by atoms with Crippen LogP contribution in [0.3, 0.4) is 0 Å². The lowest BCUT2D eigenvalue weighted by atomic mass is 10.1. The van der Waals surface area contributed by atoms with E-state index in [-0.39, 0.29) is 5.63 Å². The van der Waals surface area contributed by atoms with Gasteiger partial charge in [-0.15, -0.1) is 0 Å². The monoisotopic (exact) mass is 196 g/mol. The van der Waals surface area contributed by atoms with E-state index >= 15 is 0 Å². The summed E-state index contributed by atoms with van der Waals surface area (Å²) in [6, 6.07) is 2.02. The lowest BCUT2D eigenvalue weighted by Gasteiger charge is -1.96. The maximum absolute atomic E-state index is 11.2. The van der Waals surface area contributed by atoms with Crippen molar-refractivity contribution < 1.29 is 9.20 Å². The van der Waals surface area contributed by atoms with Gasteiger partial charge in [-0.1, -0.05) is 18.5 Å². The number of nitrogens with zero attached hydrogens (tertiary/aromatic N) is 2. The van der Waals surface area contributed by atoms with E-state index in [9.17, 15) is 4.79 Å². The molecule has 1 aromatic rings. The Morgan fingerprint density at radius 3 is 2.93 bits per heavy atom. The Morgan fingerprint density at radius 2 is 2.36 bits per heavy atom. The van der Waals surface area contributed by atoms with Gasteiger partial charge in [-0.05, 0) is 11.2 Å². The molecular weight excluding hydrogens is 182 g/mol. The normalized spacial score (nSPS) is 10.4. The lowest BCUT2D eigenvalue weighted by molar-refractivity contribution is -0.767. The first-order valence-corrected chi connectivity index (χ1v) is 4.62. The van der Waals surface area contributed by atoms with Gasteiger partial charge in [-0.3, -0.25) is 4.52 Å². The first-order chi connectivity index (χ1) is 6.65. The molecule has 0 aromatic carbocycles. The van der Waals surface area contributed by atoms with Gasteiger partial charge in [0.25, 0.3) is 5.69 Å². The zero-order valence-corrected chi connectivity index (χ0v) is 8.41. The van der Waals surface area contributed by atoms with Crippen molar-refractivity contribution in [2.75, 3.05) is 0 Å². The number of rotatable bonds is 4. The van der Waals surface area contributed by atoms with Crippen molar-refractivity contribution in [3.8, 4) is 6.07 Å². The average molecular weight is 196 g/mol. The van der Waals surface area contributed by atoms with Crippen molar-refractivity contribution in [3.63, 3.8) is 0 Å². The van der Waals surface area contributed by atoms with Crippen LogP contribution in [0.5, 0.6) is 0 Å². The van der Waals surface area contributed by atoms with Crippen molar-refractivity contribution in [2.24, 2.45) is 5.92 Å². The molecule has 5 nitrogen and oxygen atoms in total. The molecule has 1 N–H and O–H groups in total. The van der Waals surface area contributed by atoms with Gasteiger partial charge in [0, 0.05) is 6.42 Å². The van der Waals surface area contributed by atoms with Crippen LogP contribution in [0.25, 0.3) is 0 Å². The molecule has 0 aliphatic carbocycles. The molecule has 1 heterocycles. The van der Waals surface area contributed by atoms with Crippen LogP contribution in [0.15, 0.2) is 9.32 Å². The van der Waals surface area contributed by atoms with Gasteiger partial charge < -0.3 is 0 Å². The summed E-state index contributed by atoms with van der Waals surface area (Å²) in [7, 11) is 0. The first-order valence-electron chi connectivity index (χ1n) is 4.62. The summed E-state index contributed by atoms with van der Waals surface area (Å²) in [5, 5.41) is 10.9. The molecule has 76 valence electrons. The number of hydrogen-bond acceptors (Lipinski definition) is 3. The molecule has 0 spiro atoms. The van der Waals surface area contributed by atoms with Crippen molar-refractivity contribution >= 4 is 0 Å². The van der Waals surface area contributed by atoms with Crippen molar-refractivity contribution in [3.05, 3.63) is 16.1 Å². The summed E-state index contributed by atoms with van der Waals surface area (Å²) in [5.74, 6) is 0.391. The first kappa shape index (κ1) is 10.5. The number of nitrogens with one attached hydrogen (secondary N) is 1. The topological polar surface area (TPSA) is 73.7 Å². The number of aromatic nitrogens is 2. The zero-order chi connectivity index (χ0) is 10.6. The highest BCUT2D eigenvalue weighted by molar-refractivity contribution is 4.84. The molecule has 0 fully saturated rings. The molecule has 14 heavy (non-hydrogen) atoms. The van der Waals surface area contributed by atoms with E-state index in [4.69, 9.17) is 5.26 Å². The third-order valence-corrected chi connectivity index (χ3v) is 1.86. The maximum Gasteiger partial charge on any atom is 0.429 e. The Kier molecular flexibility index (Phi) is 3.46. The van der Waals surface area contributed by atoms with E-state index in [1.807, 2.05) is 19.9 Å². The molecular formula is C9H14N3O2+. The standard InChI is InChI=1S/C9H13N3O2/c1-7(2)6-8-9(13)14-11-12(8)5-3-4-10/h7H,3,5-6H2,1-2H3/p+1. The Balaban J connectivity index is 2.84. The molecule has 1 rings (SSSR count). The number of aryl methyl sites for hydroxylation is 1. The SMILES string of the molecule is CC(C)Cc1c(=O)o[nH][n+]1CCC#N. The third kappa shape index (κ3) is 2.46. The highest BCUT2D eigenvalue weighted by atomic mass is 16.5. The van der Waals surface area contributed by atoms with Crippen LogP contribution in [0.1, 0.15) is 26.0 Å². The van der Waals surface area contributed by atoms with E-state index in [1.165, 1.54) is 0 Å². The number of hydrogen-bond donors (Lipinski definition) is 1. The van der Waals surface area contributed by atoms with E-state index < -0.39 is 0 Å². The molecule has 0 saturated heterocycles. The van der Waals surface area contributed by atoms with Crippen LogP contribution in [0, 0.1) is 17.2 Å². The van der Waals surface area contributed by atoms with Crippen molar-refractivity contribution in [1.82, 2.24) is 5.27 Å². The second kappa shape index (κ2) is 4.61. The number of nitriles is 1. The minimum Gasteiger partial charge on any atom is -0.283 e. The van der Waals surface area contributed by atoms with Gasteiger partial charge in [0.2, 0.25) is 0 Å². The summed E-state index contributed by atoms with van der Waals surface area (Å²) in [4.78, 5) is 11.2. The van der Waals surface area contributed by atoms with Crippen molar-refractivity contribution in [2.45, 2.75) is 33.2 Å². The van der Waals surface area contributed by atoms with Crippen LogP contribution in [0.2, 0.25) is 0 Å². The second-order valence-corrected chi connectivity index (χ2v) is 3.59. The van der Waals surface area contributed by atoms with E-state index in [0.29, 0.717) is 31.0 Å². The van der Waals surface area contributed by atoms with Gasteiger partial charge in [-0.25, -0.2) is 4.79 Å². The summed E-state index contributed by atoms with van der Waals surface area (Å²) >= 11 is 0. The largest absolute Gasteiger partial charge is 0.429 e. The van der Waals surface area contributed by atoms with Gasteiger partial charge in [0.05, 0.1) is 12.5 Å². The molecule has 0 saturated carbocycles. The molecule has 0 unspecified atom stereocenters. The zero-order valence-electron chi connectivity index (χ0n) is 8.41. The number of H-pyrrole nitrogens is 1. The van der Waals surface area contributed by atoms with E-state index in [1.54, 1.807) is 4.68 Å². The Labute approximate surface area is 81.9 Å². The summed E-state index contributed by atoms with van der Waals surface area (Å²) in [6.07, 6.45) is 1.03. The average Bonchev–Trinajstić information content (AvgIpc) is 2.45. The van der Waals surface area contributed by atoms with Crippen molar-refractivity contribution in [1.29, 1.82) is 5.26 Å². The molecule has 0 radical (unpaired) electrons. The fraction of sp³-hybridized carbons (Fsp3) is 0.667. The molecule has 0 aliphatic heterocycles. The van der Waals surface area contributed by atoms with Crippen LogP contribution < -0.4 is 10.3 Å². The third-order valence-electron chi connectivity index (χ3n) is 1.86. The minimum absolute atomic E-state index is 0.336.